The van der Waals surface area contributed by atoms with Crippen LogP contribution in [-0.4, -0.2) is 57.2 Å². The second kappa shape index (κ2) is 9.70. The lowest BCUT2D eigenvalue weighted by molar-refractivity contribution is -0.137. The van der Waals surface area contributed by atoms with E-state index in [-0.39, 0.29) is 11.4 Å². The maximum absolute atomic E-state index is 14.5. The topological polar surface area (TPSA) is 59.2 Å². The summed E-state index contributed by atoms with van der Waals surface area (Å²) in [5.74, 6) is 0. The number of benzene rings is 3. The van der Waals surface area contributed by atoms with E-state index < -0.39 is 17.4 Å². The number of rotatable bonds is 3. The van der Waals surface area contributed by atoms with Gasteiger partial charge in [-0.1, -0.05) is 24.3 Å². The van der Waals surface area contributed by atoms with Crippen molar-refractivity contribution in [1.82, 2.24) is 24.0 Å². The third-order valence-corrected chi connectivity index (χ3v) is 8.19. The molecule has 7 rings (SSSR count). The van der Waals surface area contributed by atoms with Crippen LogP contribution in [0.15, 0.2) is 83.9 Å². The summed E-state index contributed by atoms with van der Waals surface area (Å²) >= 11 is 0. The van der Waals surface area contributed by atoms with Crippen LogP contribution < -0.4 is 10.6 Å². The number of hydrogen-bond donors (Lipinski definition) is 0. The van der Waals surface area contributed by atoms with Crippen molar-refractivity contribution in [2.24, 2.45) is 7.05 Å². The molecule has 1 fully saturated rings. The molecule has 0 aliphatic carbocycles. The van der Waals surface area contributed by atoms with Gasteiger partial charge in [0.15, 0.2) is 0 Å². The molecule has 0 radical (unpaired) electrons. The number of aryl methyl sites for hydroxylation is 1. The zero-order chi connectivity index (χ0) is 29.2. The maximum atomic E-state index is 14.5. The first-order chi connectivity index (χ1) is 20.2. The van der Waals surface area contributed by atoms with E-state index >= 15 is 0 Å². The molecule has 42 heavy (non-hydrogen) atoms. The second-order valence-electron chi connectivity index (χ2n) is 10.8. The Morgan fingerprint density at radius 2 is 1.55 bits per heavy atom. The van der Waals surface area contributed by atoms with Crippen LogP contribution in [0.3, 0.4) is 0 Å². The molecule has 4 heterocycles. The first kappa shape index (κ1) is 26.2. The molecule has 1 aliphatic rings. The predicted octanol–water partition coefficient (Wildman–Crippen LogP) is 5.86. The van der Waals surface area contributed by atoms with Crippen LogP contribution in [0.1, 0.15) is 5.56 Å². The molecular weight excluding hydrogens is 541 g/mol. The van der Waals surface area contributed by atoms with Crippen molar-refractivity contribution >= 4 is 38.5 Å². The number of halogens is 3. The van der Waals surface area contributed by atoms with Crippen LogP contribution >= 0.6 is 0 Å². The van der Waals surface area contributed by atoms with E-state index in [1.54, 1.807) is 30.4 Å². The first-order valence-corrected chi connectivity index (χ1v) is 13.7. The number of para-hydroxylation sites is 1. The normalized spacial score (nSPS) is 14.8. The lowest BCUT2D eigenvalue weighted by atomic mass is 10.0. The van der Waals surface area contributed by atoms with Crippen molar-refractivity contribution in [1.29, 1.82) is 0 Å². The molecular formula is C32H27F3N6O. The highest BCUT2D eigenvalue weighted by Gasteiger charge is 2.36. The predicted molar refractivity (Wildman–Crippen MR) is 159 cm³/mol. The first-order valence-electron chi connectivity index (χ1n) is 13.7. The van der Waals surface area contributed by atoms with Crippen LogP contribution in [0.2, 0.25) is 0 Å². The zero-order valence-corrected chi connectivity index (χ0v) is 23.1. The van der Waals surface area contributed by atoms with E-state index in [1.807, 2.05) is 55.6 Å². The molecule has 6 aromatic rings. The quantitative estimate of drug-likeness (QED) is 0.268. The molecule has 1 aliphatic heterocycles. The van der Waals surface area contributed by atoms with Gasteiger partial charge >= 0.3 is 11.9 Å². The highest BCUT2D eigenvalue weighted by Crippen LogP contribution is 2.39. The number of likely N-dealkylation sites (N-methyl/N-ethyl adjacent to an activating group) is 1. The maximum Gasteiger partial charge on any atom is 0.418 e. The van der Waals surface area contributed by atoms with E-state index in [1.165, 1.54) is 15.2 Å². The molecule has 3 aromatic heterocycles. The van der Waals surface area contributed by atoms with Gasteiger partial charge in [-0.05, 0) is 55.1 Å². The van der Waals surface area contributed by atoms with Gasteiger partial charge in [0.2, 0.25) is 0 Å². The standard InChI is InChI=1S/C32H27F3N6O/c1-38-11-13-40(14-12-38)28-10-8-23(17-25(28)32(33,34)35)41-30-24-16-20(22-15-21-5-3-4-6-26(21)36-18-22)7-9-27(24)37-19-29(30)39(2)31(41)42/h3-10,15-19H,11-14H2,1-2H3. The van der Waals surface area contributed by atoms with Crippen molar-refractivity contribution in [3.05, 3.63) is 95.2 Å². The Bertz CT molecular complexity index is 2050. The fraction of sp³-hybridized carbons (Fsp3) is 0.219. The molecule has 0 amide bonds. The number of alkyl halides is 3. The number of hydrogen-bond acceptors (Lipinski definition) is 5. The van der Waals surface area contributed by atoms with E-state index in [0.717, 1.165) is 28.1 Å². The Balaban J connectivity index is 1.43. The van der Waals surface area contributed by atoms with Gasteiger partial charge in [0.25, 0.3) is 0 Å². The van der Waals surface area contributed by atoms with Crippen LogP contribution in [0.25, 0.3) is 49.7 Å². The number of fused-ring (bicyclic) bond motifs is 4. The summed E-state index contributed by atoms with van der Waals surface area (Å²) in [7, 11) is 3.56. The molecule has 212 valence electrons. The molecule has 0 spiro atoms. The molecule has 0 N–H and O–H groups in total. The van der Waals surface area contributed by atoms with E-state index in [9.17, 15) is 18.0 Å². The molecule has 0 unspecified atom stereocenters. The minimum absolute atomic E-state index is 0.130. The number of imidazole rings is 1. The van der Waals surface area contributed by atoms with Crippen molar-refractivity contribution in [2.45, 2.75) is 6.18 Å². The van der Waals surface area contributed by atoms with Crippen LogP contribution in [0.5, 0.6) is 0 Å². The summed E-state index contributed by atoms with van der Waals surface area (Å²) < 4.78 is 46.2. The highest BCUT2D eigenvalue weighted by molar-refractivity contribution is 6.05. The summed E-state index contributed by atoms with van der Waals surface area (Å²) in [4.78, 5) is 26.6. The molecule has 0 saturated carbocycles. The van der Waals surface area contributed by atoms with Gasteiger partial charge in [-0.3, -0.25) is 19.1 Å². The number of anilines is 1. The third kappa shape index (κ3) is 4.30. The Morgan fingerprint density at radius 1 is 0.786 bits per heavy atom. The summed E-state index contributed by atoms with van der Waals surface area (Å²) in [6, 6.07) is 19.8. The minimum atomic E-state index is -4.59. The van der Waals surface area contributed by atoms with Gasteiger partial charge in [-0.2, -0.15) is 13.2 Å². The molecule has 0 atom stereocenters. The second-order valence-corrected chi connectivity index (χ2v) is 10.8. The summed E-state index contributed by atoms with van der Waals surface area (Å²) in [6.07, 6.45) is -1.21. The number of pyridine rings is 2. The summed E-state index contributed by atoms with van der Waals surface area (Å²) in [5.41, 5.74) is 3.36. The molecule has 1 saturated heterocycles. The van der Waals surface area contributed by atoms with E-state index in [2.05, 4.69) is 14.9 Å². The third-order valence-electron chi connectivity index (χ3n) is 8.19. The van der Waals surface area contributed by atoms with Gasteiger partial charge in [0, 0.05) is 61.4 Å². The Kier molecular flexibility index (Phi) is 6.05. The fourth-order valence-corrected chi connectivity index (χ4v) is 5.86. The fourth-order valence-electron chi connectivity index (χ4n) is 5.86. The zero-order valence-electron chi connectivity index (χ0n) is 23.1. The summed E-state index contributed by atoms with van der Waals surface area (Å²) in [6.45, 7) is 2.34. The molecule has 0 bridgehead atoms. The SMILES string of the molecule is CN1CCN(c2ccc(-n3c(=O)n(C)c4cnc5ccc(-c6cnc7ccccc7c6)cc5c43)cc2C(F)(F)F)CC1. The highest BCUT2D eigenvalue weighted by atomic mass is 19.4. The van der Waals surface area contributed by atoms with Gasteiger partial charge in [-0.25, -0.2) is 4.79 Å². The van der Waals surface area contributed by atoms with Crippen LogP contribution in [0, 0.1) is 0 Å². The van der Waals surface area contributed by atoms with Crippen LogP contribution in [0.4, 0.5) is 18.9 Å². The Labute approximate surface area is 239 Å². The van der Waals surface area contributed by atoms with Gasteiger partial charge < -0.3 is 9.80 Å². The van der Waals surface area contributed by atoms with Gasteiger partial charge in [0.05, 0.1) is 39.5 Å². The van der Waals surface area contributed by atoms with Crippen molar-refractivity contribution < 1.29 is 13.2 Å². The Morgan fingerprint density at radius 3 is 2.33 bits per heavy atom. The largest absolute Gasteiger partial charge is 0.418 e. The number of aromatic nitrogens is 4. The van der Waals surface area contributed by atoms with Gasteiger partial charge in [0.1, 0.15) is 0 Å². The smallest absolute Gasteiger partial charge is 0.368 e. The average molecular weight is 569 g/mol. The monoisotopic (exact) mass is 568 g/mol. The average Bonchev–Trinajstić information content (AvgIpc) is 3.26. The van der Waals surface area contributed by atoms with Crippen molar-refractivity contribution in [2.75, 3.05) is 38.1 Å². The number of nitrogens with zero attached hydrogens (tertiary/aromatic N) is 6. The lowest BCUT2D eigenvalue weighted by Crippen LogP contribution is -2.45. The number of piperazine rings is 1. The van der Waals surface area contributed by atoms with Crippen LogP contribution in [-0.2, 0) is 13.2 Å². The van der Waals surface area contributed by atoms with E-state index in [4.69, 9.17) is 0 Å². The van der Waals surface area contributed by atoms with Crippen molar-refractivity contribution in [3.8, 4) is 16.8 Å². The lowest BCUT2D eigenvalue weighted by Gasteiger charge is -2.35. The Hall–Kier alpha value is -4.70. The molecule has 10 heteroatoms. The van der Waals surface area contributed by atoms with E-state index in [0.29, 0.717) is 48.1 Å². The molecule has 3 aromatic carbocycles. The minimum Gasteiger partial charge on any atom is -0.368 e. The molecule has 7 nitrogen and oxygen atoms in total. The van der Waals surface area contributed by atoms with Gasteiger partial charge in [-0.15, -0.1) is 0 Å². The van der Waals surface area contributed by atoms with Crippen molar-refractivity contribution in [3.63, 3.8) is 0 Å². The summed E-state index contributed by atoms with van der Waals surface area (Å²) in [5, 5.41) is 1.65.